The number of carbonyl (C=O) groups is 1. The first-order valence-corrected chi connectivity index (χ1v) is 8.00. The molecule has 1 aliphatic heterocycles. The molecule has 4 heteroatoms. The number of anilines is 1. The second kappa shape index (κ2) is 5.03. The zero-order valence-corrected chi connectivity index (χ0v) is 12.9. The van der Waals surface area contributed by atoms with Crippen molar-refractivity contribution in [3.8, 4) is 0 Å². The van der Waals surface area contributed by atoms with Gasteiger partial charge in [-0.1, -0.05) is 29.8 Å². The maximum atomic E-state index is 12.6. The van der Waals surface area contributed by atoms with E-state index in [1.165, 1.54) is 5.56 Å². The maximum Gasteiger partial charge on any atom is 0.251 e. The summed E-state index contributed by atoms with van der Waals surface area (Å²) >= 11 is 6.30. The average molecular weight is 313 g/mol. The molecule has 0 aromatic heterocycles. The molecule has 1 amide bonds. The fraction of sp³-hybridized carbons (Fsp3) is 0.278. The van der Waals surface area contributed by atoms with Crippen molar-refractivity contribution in [1.82, 2.24) is 5.32 Å². The van der Waals surface area contributed by atoms with Crippen LogP contribution in [0.1, 0.15) is 34.3 Å². The quantitative estimate of drug-likeness (QED) is 0.906. The average Bonchev–Trinajstić information content (AvgIpc) is 3.14. The van der Waals surface area contributed by atoms with E-state index in [9.17, 15) is 4.79 Å². The number of hydrogen-bond acceptors (Lipinski definition) is 2. The van der Waals surface area contributed by atoms with Crippen molar-refractivity contribution in [3.05, 3.63) is 64.2 Å². The molecule has 22 heavy (non-hydrogen) atoms. The Labute approximate surface area is 134 Å². The molecule has 0 bridgehead atoms. The zero-order valence-electron chi connectivity index (χ0n) is 12.2. The van der Waals surface area contributed by atoms with E-state index in [4.69, 9.17) is 11.6 Å². The van der Waals surface area contributed by atoms with Crippen LogP contribution in [-0.2, 0) is 12.0 Å². The molecule has 2 aliphatic rings. The van der Waals surface area contributed by atoms with Crippen LogP contribution >= 0.6 is 11.6 Å². The van der Waals surface area contributed by atoms with Gasteiger partial charge in [0.05, 0.1) is 5.54 Å². The van der Waals surface area contributed by atoms with Gasteiger partial charge in [0.1, 0.15) is 0 Å². The van der Waals surface area contributed by atoms with Gasteiger partial charge in [-0.25, -0.2) is 0 Å². The van der Waals surface area contributed by atoms with Crippen LogP contribution in [0.2, 0.25) is 5.02 Å². The Kier molecular flexibility index (Phi) is 3.12. The van der Waals surface area contributed by atoms with Gasteiger partial charge < -0.3 is 10.6 Å². The van der Waals surface area contributed by atoms with Crippen LogP contribution in [0.3, 0.4) is 0 Å². The molecule has 0 atom stereocenters. The molecule has 0 unspecified atom stereocenters. The summed E-state index contributed by atoms with van der Waals surface area (Å²) in [6, 6.07) is 13.6. The van der Waals surface area contributed by atoms with Crippen LogP contribution < -0.4 is 10.6 Å². The van der Waals surface area contributed by atoms with E-state index in [0.717, 1.165) is 47.6 Å². The smallest absolute Gasteiger partial charge is 0.251 e. The molecule has 3 nitrogen and oxygen atoms in total. The van der Waals surface area contributed by atoms with Crippen LogP contribution in [0.5, 0.6) is 0 Å². The van der Waals surface area contributed by atoms with E-state index in [0.29, 0.717) is 0 Å². The van der Waals surface area contributed by atoms with Gasteiger partial charge in [0.2, 0.25) is 0 Å². The molecule has 0 saturated heterocycles. The van der Waals surface area contributed by atoms with Crippen LogP contribution in [0.25, 0.3) is 0 Å². The molecule has 1 fully saturated rings. The molecular formula is C18H17ClN2O. The topological polar surface area (TPSA) is 41.1 Å². The summed E-state index contributed by atoms with van der Waals surface area (Å²) in [6.45, 7) is 0.948. The van der Waals surface area contributed by atoms with Gasteiger partial charge in [-0.15, -0.1) is 0 Å². The third kappa shape index (κ3) is 2.26. The fourth-order valence-electron chi connectivity index (χ4n) is 3.17. The first-order chi connectivity index (χ1) is 10.7. The van der Waals surface area contributed by atoms with Crippen LogP contribution in [0.4, 0.5) is 5.69 Å². The maximum absolute atomic E-state index is 12.6. The van der Waals surface area contributed by atoms with Gasteiger partial charge >= 0.3 is 0 Å². The molecule has 1 heterocycles. The summed E-state index contributed by atoms with van der Waals surface area (Å²) in [5.41, 5.74) is 3.82. The number of rotatable bonds is 3. The standard InChI is InChI=1S/C18H17ClN2O/c19-15-4-2-1-3-14(15)18(8-9-18)21-17(22)13-5-6-16-12(11-13)7-10-20-16/h1-6,11,20H,7-10H2,(H,21,22). The molecule has 1 aliphatic carbocycles. The van der Waals surface area contributed by atoms with Crippen LogP contribution in [-0.4, -0.2) is 12.5 Å². The molecule has 2 aromatic carbocycles. The van der Waals surface area contributed by atoms with Crippen LogP contribution in [0.15, 0.2) is 42.5 Å². The highest BCUT2D eigenvalue weighted by atomic mass is 35.5. The number of benzene rings is 2. The van der Waals surface area contributed by atoms with Crippen molar-refractivity contribution < 1.29 is 4.79 Å². The van der Waals surface area contributed by atoms with Gasteiger partial charge in [0, 0.05) is 22.8 Å². The minimum atomic E-state index is -0.285. The number of carbonyl (C=O) groups excluding carboxylic acids is 1. The summed E-state index contributed by atoms with van der Waals surface area (Å²) in [5.74, 6) is -0.0212. The number of nitrogens with one attached hydrogen (secondary N) is 2. The van der Waals surface area contributed by atoms with E-state index in [1.54, 1.807) is 0 Å². The van der Waals surface area contributed by atoms with E-state index >= 15 is 0 Å². The second-order valence-electron chi connectivity index (χ2n) is 6.06. The normalized spacial score (nSPS) is 17.5. The lowest BCUT2D eigenvalue weighted by atomic mass is 10.0. The summed E-state index contributed by atoms with van der Waals surface area (Å²) in [6.07, 6.45) is 2.86. The van der Waals surface area contributed by atoms with Crippen molar-refractivity contribution in [2.24, 2.45) is 0 Å². The lowest BCUT2D eigenvalue weighted by molar-refractivity contribution is 0.0931. The highest BCUT2D eigenvalue weighted by Crippen LogP contribution is 2.48. The third-order valence-corrected chi connectivity index (χ3v) is 4.90. The van der Waals surface area contributed by atoms with Gasteiger partial charge in [0.15, 0.2) is 0 Å². The van der Waals surface area contributed by atoms with Gasteiger partial charge in [-0.3, -0.25) is 4.79 Å². The van der Waals surface area contributed by atoms with Crippen molar-refractivity contribution in [2.45, 2.75) is 24.8 Å². The Morgan fingerprint density at radius 3 is 2.77 bits per heavy atom. The van der Waals surface area contributed by atoms with E-state index < -0.39 is 0 Å². The predicted octanol–water partition coefficient (Wildman–Crippen LogP) is 3.73. The van der Waals surface area contributed by atoms with E-state index in [1.807, 2.05) is 42.5 Å². The number of fused-ring (bicyclic) bond motifs is 1. The second-order valence-corrected chi connectivity index (χ2v) is 6.47. The third-order valence-electron chi connectivity index (χ3n) is 4.57. The van der Waals surface area contributed by atoms with Crippen molar-refractivity contribution in [1.29, 1.82) is 0 Å². The molecule has 112 valence electrons. The lowest BCUT2D eigenvalue weighted by Crippen LogP contribution is -2.35. The Morgan fingerprint density at radius 2 is 2.00 bits per heavy atom. The number of halogens is 1. The van der Waals surface area contributed by atoms with Crippen LogP contribution in [0, 0.1) is 0 Å². The van der Waals surface area contributed by atoms with Crippen molar-refractivity contribution in [3.63, 3.8) is 0 Å². The molecule has 2 aromatic rings. The Hall–Kier alpha value is -2.00. The van der Waals surface area contributed by atoms with Gasteiger partial charge in [-0.2, -0.15) is 0 Å². The van der Waals surface area contributed by atoms with E-state index in [2.05, 4.69) is 10.6 Å². The largest absolute Gasteiger partial charge is 0.384 e. The number of amides is 1. The summed E-state index contributed by atoms with van der Waals surface area (Å²) in [4.78, 5) is 12.6. The lowest BCUT2D eigenvalue weighted by Gasteiger charge is -2.19. The molecular weight excluding hydrogens is 296 g/mol. The highest BCUT2D eigenvalue weighted by Gasteiger charge is 2.46. The molecule has 0 radical (unpaired) electrons. The SMILES string of the molecule is O=C(NC1(c2ccccc2Cl)CC1)c1ccc2c(c1)CCN2. The monoisotopic (exact) mass is 312 g/mol. The Balaban J connectivity index is 1.59. The fourth-order valence-corrected chi connectivity index (χ4v) is 3.49. The van der Waals surface area contributed by atoms with Gasteiger partial charge in [0.25, 0.3) is 5.91 Å². The molecule has 4 rings (SSSR count). The first-order valence-electron chi connectivity index (χ1n) is 7.62. The highest BCUT2D eigenvalue weighted by molar-refractivity contribution is 6.31. The molecule has 1 saturated carbocycles. The summed E-state index contributed by atoms with van der Waals surface area (Å²) in [5, 5.41) is 7.22. The minimum absolute atomic E-state index is 0.0212. The number of hydrogen-bond donors (Lipinski definition) is 2. The van der Waals surface area contributed by atoms with E-state index in [-0.39, 0.29) is 11.4 Å². The van der Waals surface area contributed by atoms with Crippen molar-refractivity contribution in [2.75, 3.05) is 11.9 Å². The Bertz CT molecular complexity index is 753. The van der Waals surface area contributed by atoms with Gasteiger partial charge in [-0.05, 0) is 54.7 Å². The molecule has 2 N–H and O–H groups in total. The Morgan fingerprint density at radius 1 is 1.18 bits per heavy atom. The summed E-state index contributed by atoms with van der Waals surface area (Å²) in [7, 11) is 0. The predicted molar refractivity (Wildman–Crippen MR) is 88.5 cm³/mol. The first kappa shape index (κ1) is 13.6. The summed E-state index contributed by atoms with van der Waals surface area (Å²) < 4.78 is 0. The molecule has 0 spiro atoms. The van der Waals surface area contributed by atoms with Crippen molar-refractivity contribution >= 4 is 23.2 Å². The minimum Gasteiger partial charge on any atom is -0.384 e. The zero-order chi connectivity index (χ0) is 15.2.